The van der Waals surface area contributed by atoms with Crippen LogP contribution in [-0.4, -0.2) is 48.0 Å². The highest BCUT2D eigenvalue weighted by Gasteiger charge is 2.52. The molecular weight excluding hydrogens is 399 g/mol. The number of halogens is 2. The van der Waals surface area contributed by atoms with Crippen LogP contribution in [0.2, 0.25) is 0 Å². The molecule has 1 atom stereocenters. The minimum atomic E-state index is -2.82. The second-order valence-electron chi connectivity index (χ2n) is 9.31. The molecule has 1 saturated heterocycles. The summed E-state index contributed by atoms with van der Waals surface area (Å²) in [5, 5.41) is 0. The summed E-state index contributed by atoms with van der Waals surface area (Å²) >= 11 is 0. The number of alkyl halides is 2. The van der Waals surface area contributed by atoms with E-state index < -0.39 is 54.3 Å². The third kappa shape index (κ3) is 5.21. The first-order valence-electron chi connectivity index (χ1n) is 9.74. The number of ether oxygens (including phenoxy) is 2. The van der Waals surface area contributed by atoms with Crippen LogP contribution in [0, 0.1) is 0 Å². The van der Waals surface area contributed by atoms with Gasteiger partial charge in [0.25, 0.3) is 5.56 Å². The van der Waals surface area contributed by atoms with Gasteiger partial charge in [-0.25, -0.2) is 13.6 Å². The van der Waals surface area contributed by atoms with Gasteiger partial charge in [-0.3, -0.25) is 9.36 Å². The quantitative estimate of drug-likeness (QED) is 0.512. The van der Waals surface area contributed by atoms with Crippen molar-refractivity contribution in [3.05, 3.63) is 22.6 Å². The first kappa shape index (κ1) is 24.3. The Morgan fingerprint density at radius 3 is 2.17 bits per heavy atom. The van der Waals surface area contributed by atoms with Gasteiger partial charge in [-0.15, -0.1) is 0 Å². The summed E-state index contributed by atoms with van der Waals surface area (Å²) in [7, 11) is 0.483. The summed E-state index contributed by atoms with van der Waals surface area (Å²) in [4.78, 5) is 25.4. The van der Waals surface area contributed by atoms with E-state index in [9.17, 15) is 18.4 Å². The van der Waals surface area contributed by atoms with Gasteiger partial charge in [-0.1, -0.05) is 0 Å². The molecule has 1 aliphatic heterocycles. The molecule has 10 heteroatoms. The zero-order valence-electron chi connectivity index (χ0n) is 18.7. The number of methoxy groups -OCH3 is 1. The zero-order valence-corrected chi connectivity index (χ0v) is 18.7. The Hall–Kier alpha value is -1.94. The van der Waals surface area contributed by atoms with Crippen LogP contribution in [-0.2, 0) is 18.8 Å². The number of carbonyl (C=O) groups excluding carboxylic acids is 1. The van der Waals surface area contributed by atoms with Gasteiger partial charge in [0.15, 0.2) is 0 Å². The third-order valence-electron chi connectivity index (χ3n) is 5.22. The fraction of sp³-hybridized carbons (Fsp3) is 0.700. The summed E-state index contributed by atoms with van der Waals surface area (Å²) in [5.74, 6) is -0.744. The number of hydrogen-bond acceptors (Lipinski definition) is 6. The molecule has 0 N–H and O–H groups in total. The predicted molar refractivity (Wildman–Crippen MR) is 108 cm³/mol. The van der Waals surface area contributed by atoms with Gasteiger partial charge in [-0.05, 0) is 48.5 Å². The highest BCUT2D eigenvalue weighted by atomic mass is 19.3. The van der Waals surface area contributed by atoms with E-state index in [0.717, 1.165) is 4.57 Å². The summed E-state index contributed by atoms with van der Waals surface area (Å²) in [6, 6.07) is -0.318. The predicted octanol–water partition coefficient (Wildman–Crippen LogP) is 2.69. The fourth-order valence-corrected chi connectivity index (χ4v) is 2.97. The average Bonchev–Trinajstić information content (AvgIpc) is 2.78. The van der Waals surface area contributed by atoms with Crippen molar-refractivity contribution in [2.24, 2.45) is 0 Å². The molecule has 168 valence electrons. The molecule has 30 heavy (non-hydrogen) atoms. The molecule has 1 aromatic heterocycles. The Labute approximate surface area is 175 Å². The molecule has 2 heterocycles. The van der Waals surface area contributed by atoms with Crippen LogP contribution in [0.3, 0.4) is 0 Å². The Balaban J connectivity index is 2.49. The normalized spacial score (nSPS) is 19.1. The van der Waals surface area contributed by atoms with Gasteiger partial charge in [0.2, 0.25) is 6.43 Å². The minimum Gasteiger partial charge on any atom is -0.496 e. The summed E-state index contributed by atoms with van der Waals surface area (Å²) < 4.78 is 49.8. The Kier molecular flexibility index (Phi) is 6.73. The van der Waals surface area contributed by atoms with Crippen molar-refractivity contribution in [3.8, 4) is 5.75 Å². The summed E-state index contributed by atoms with van der Waals surface area (Å²) in [5.41, 5.74) is -2.54. The largest absolute Gasteiger partial charge is 0.498 e. The first-order valence-corrected chi connectivity index (χ1v) is 9.74. The molecule has 0 amide bonds. The van der Waals surface area contributed by atoms with Crippen LogP contribution in [0.15, 0.2) is 17.1 Å². The van der Waals surface area contributed by atoms with Crippen molar-refractivity contribution in [1.82, 2.24) is 4.57 Å². The topological polar surface area (TPSA) is 76.0 Å². The Morgan fingerprint density at radius 2 is 1.73 bits per heavy atom. The highest BCUT2D eigenvalue weighted by Crippen LogP contribution is 2.37. The van der Waals surface area contributed by atoms with E-state index >= 15 is 0 Å². The SMILES string of the molecule is COc1cn(C(CC(F)F)C(=O)OC(C)(C)C)c(=O)cc1B1OC(C)(C)C(C)(C)O1. The maximum atomic E-state index is 13.2. The third-order valence-corrected chi connectivity index (χ3v) is 5.22. The van der Waals surface area contributed by atoms with Crippen molar-refractivity contribution >= 4 is 18.6 Å². The molecule has 0 aliphatic carbocycles. The molecule has 7 nitrogen and oxygen atoms in total. The second-order valence-corrected chi connectivity index (χ2v) is 9.31. The lowest BCUT2D eigenvalue weighted by molar-refractivity contribution is -0.160. The maximum Gasteiger partial charge on any atom is 0.498 e. The van der Waals surface area contributed by atoms with E-state index in [1.54, 1.807) is 20.8 Å². The molecular formula is C20H30BF2NO6. The van der Waals surface area contributed by atoms with E-state index in [2.05, 4.69) is 0 Å². The Bertz CT molecular complexity index is 831. The van der Waals surface area contributed by atoms with Gasteiger partial charge in [0.05, 0.1) is 18.3 Å². The lowest BCUT2D eigenvalue weighted by atomic mass is 9.79. The summed E-state index contributed by atoms with van der Waals surface area (Å²) in [6.07, 6.45) is -2.46. The molecule has 0 aromatic carbocycles. The zero-order chi connectivity index (χ0) is 23.1. The van der Waals surface area contributed by atoms with E-state index in [1.165, 1.54) is 19.4 Å². The van der Waals surface area contributed by atoms with Crippen LogP contribution >= 0.6 is 0 Å². The number of pyridine rings is 1. The van der Waals surface area contributed by atoms with Crippen molar-refractivity contribution in [2.75, 3.05) is 7.11 Å². The molecule has 0 spiro atoms. The molecule has 0 radical (unpaired) electrons. The van der Waals surface area contributed by atoms with Crippen LogP contribution < -0.4 is 15.8 Å². The van der Waals surface area contributed by atoms with Gasteiger partial charge >= 0.3 is 13.1 Å². The first-order chi connectivity index (χ1) is 13.6. The van der Waals surface area contributed by atoms with Crippen molar-refractivity contribution in [1.29, 1.82) is 0 Å². The van der Waals surface area contributed by atoms with Crippen LogP contribution in [0.1, 0.15) is 60.9 Å². The van der Waals surface area contributed by atoms with E-state index in [0.29, 0.717) is 5.46 Å². The molecule has 0 bridgehead atoms. The van der Waals surface area contributed by atoms with Crippen molar-refractivity contribution in [2.45, 2.75) is 84.2 Å². The van der Waals surface area contributed by atoms with Gasteiger partial charge in [0, 0.05) is 24.1 Å². The minimum absolute atomic E-state index is 0.177. The number of nitrogens with zero attached hydrogens (tertiary/aromatic N) is 1. The van der Waals surface area contributed by atoms with Crippen molar-refractivity contribution < 1.29 is 32.4 Å². The molecule has 1 aliphatic rings. The fourth-order valence-electron chi connectivity index (χ4n) is 2.97. The molecule has 2 rings (SSSR count). The molecule has 1 fully saturated rings. The number of aromatic nitrogens is 1. The van der Waals surface area contributed by atoms with E-state index in [-0.39, 0.29) is 5.75 Å². The highest BCUT2D eigenvalue weighted by molar-refractivity contribution is 6.63. The van der Waals surface area contributed by atoms with Crippen molar-refractivity contribution in [3.63, 3.8) is 0 Å². The van der Waals surface area contributed by atoms with Crippen LogP contribution in [0.25, 0.3) is 0 Å². The second kappa shape index (κ2) is 8.30. The smallest absolute Gasteiger partial charge is 0.496 e. The van der Waals surface area contributed by atoms with Crippen LogP contribution in [0.5, 0.6) is 5.75 Å². The lowest BCUT2D eigenvalue weighted by Gasteiger charge is -2.32. The maximum absolute atomic E-state index is 13.2. The summed E-state index contributed by atoms with van der Waals surface area (Å²) in [6.45, 7) is 12.3. The van der Waals surface area contributed by atoms with E-state index in [1.807, 2.05) is 27.7 Å². The van der Waals surface area contributed by atoms with Gasteiger partial charge < -0.3 is 18.8 Å². The number of hydrogen-bond donors (Lipinski definition) is 0. The Morgan fingerprint density at radius 1 is 1.20 bits per heavy atom. The van der Waals surface area contributed by atoms with Gasteiger partial charge in [-0.2, -0.15) is 0 Å². The van der Waals surface area contributed by atoms with Gasteiger partial charge in [0.1, 0.15) is 17.4 Å². The number of carbonyl (C=O) groups is 1. The van der Waals surface area contributed by atoms with E-state index in [4.69, 9.17) is 18.8 Å². The molecule has 0 saturated carbocycles. The average molecular weight is 429 g/mol. The number of esters is 1. The molecule has 1 aromatic rings. The standard InChI is InChI=1S/C20H30BF2NO6/c1-18(2,3)28-17(26)13(10-15(22)23)24-11-14(27-8)12(9-16(24)25)21-29-19(4,5)20(6,7)30-21/h9,11,13,15H,10H2,1-8H3. The molecule has 1 unspecified atom stereocenters. The lowest BCUT2D eigenvalue weighted by Crippen LogP contribution is -2.41. The number of rotatable bonds is 6. The monoisotopic (exact) mass is 429 g/mol. The van der Waals surface area contributed by atoms with Crippen LogP contribution in [0.4, 0.5) is 8.78 Å².